The van der Waals surface area contributed by atoms with Crippen LogP contribution in [0.3, 0.4) is 0 Å². The molecule has 0 aliphatic rings. The van der Waals surface area contributed by atoms with E-state index in [4.69, 9.17) is 26.3 Å². The molecule has 0 radical (unpaired) electrons. The molecule has 1 aromatic rings. The van der Waals surface area contributed by atoms with E-state index in [1.54, 1.807) is 6.07 Å². The summed E-state index contributed by atoms with van der Waals surface area (Å²) in [6, 6.07) is 5.63. The van der Waals surface area contributed by atoms with Gasteiger partial charge in [-0.25, -0.2) is 0 Å². The Hall–Kier alpha value is -1.66. The summed E-state index contributed by atoms with van der Waals surface area (Å²) >= 11 is 6.08. The molecule has 3 nitrogen and oxygen atoms in total. The van der Waals surface area contributed by atoms with E-state index in [1.165, 1.54) is 13.4 Å². The number of hydrogen-bond donors (Lipinski definition) is 0. The molecule has 0 heterocycles. The number of aryl methyl sites for hydroxylation is 1. The van der Waals surface area contributed by atoms with Gasteiger partial charge in [-0.05, 0) is 30.0 Å². The Labute approximate surface area is 113 Å². The van der Waals surface area contributed by atoms with Crippen LogP contribution in [-0.2, 0) is 4.74 Å². The molecule has 0 aromatic heterocycles. The molecular weight excluding hydrogens is 250 g/mol. The van der Waals surface area contributed by atoms with Gasteiger partial charge in [0.25, 0.3) is 0 Å². The number of halogens is 1. The highest BCUT2D eigenvalue weighted by Gasteiger charge is 2.13. The predicted octanol–water partition coefficient (Wildman–Crippen LogP) is 4.16. The maximum atomic E-state index is 8.92. The smallest absolute Gasteiger partial charge is 0.238 e. The zero-order chi connectivity index (χ0) is 13.7. The summed E-state index contributed by atoms with van der Waals surface area (Å²) in [6.07, 6.45) is 1.26. The summed E-state index contributed by atoms with van der Waals surface area (Å²) in [5.41, 5.74) is 2.00. The highest BCUT2D eigenvalue weighted by atomic mass is 35.5. The zero-order valence-corrected chi connectivity index (χ0v) is 11.7. The predicted molar refractivity (Wildman–Crippen MR) is 71.6 cm³/mol. The van der Waals surface area contributed by atoms with Gasteiger partial charge < -0.3 is 9.47 Å². The first-order chi connectivity index (χ1) is 8.49. The van der Waals surface area contributed by atoms with Crippen LogP contribution >= 0.6 is 11.6 Å². The molecule has 96 valence electrons. The summed E-state index contributed by atoms with van der Waals surface area (Å²) in [5, 5.41) is 9.53. The minimum atomic E-state index is 0.0966. The van der Waals surface area contributed by atoms with E-state index < -0.39 is 0 Å². The number of allylic oxidation sites excluding steroid dienone is 1. The van der Waals surface area contributed by atoms with Gasteiger partial charge in [0.05, 0.1) is 7.11 Å². The normalized spacial score (nSPS) is 11.3. The van der Waals surface area contributed by atoms with Gasteiger partial charge in [0.15, 0.2) is 0 Å². The van der Waals surface area contributed by atoms with Crippen LogP contribution in [-0.4, -0.2) is 7.11 Å². The Kier molecular flexibility index (Phi) is 5.06. The van der Waals surface area contributed by atoms with Crippen molar-refractivity contribution in [3.8, 4) is 11.8 Å². The van der Waals surface area contributed by atoms with Gasteiger partial charge in [0.1, 0.15) is 18.1 Å². The summed E-state index contributed by atoms with van der Waals surface area (Å²) in [5.74, 6) is 0.961. The minimum Gasteiger partial charge on any atom is -0.500 e. The number of nitrogens with zero attached hydrogens (tertiary/aromatic N) is 1. The molecule has 0 atom stereocenters. The van der Waals surface area contributed by atoms with Crippen LogP contribution in [0.15, 0.2) is 24.2 Å². The molecule has 0 aliphatic heterocycles. The van der Waals surface area contributed by atoms with Crippen molar-refractivity contribution in [3.05, 3.63) is 40.3 Å². The lowest BCUT2D eigenvalue weighted by atomic mass is 10.00. The molecule has 0 amide bonds. The first-order valence-electron chi connectivity index (χ1n) is 5.60. The molecule has 0 N–H and O–H groups in total. The lowest BCUT2D eigenvalue weighted by Crippen LogP contribution is -2.00. The maximum Gasteiger partial charge on any atom is 0.238 e. The van der Waals surface area contributed by atoms with Crippen LogP contribution in [0, 0.1) is 18.3 Å². The van der Waals surface area contributed by atoms with Crippen LogP contribution in [0.25, 0.3) is 0 Å². The molecule has 0 saturated heterocycles. The Morgan fingerprint density at radius 1 is 1.44 bits per heavy atom. The van der Waals surface area contributed by atoms with Gasteiger partial charge in [-0.1, -0.05) is 31.5 Å². The molecule has 0 unspecified atom stereocenters. The van der Waals surface area contributed by atoms with Crippen molar-refractivity contribution >= 4 is 11.6 Å². The second-order valence-electron chi connectivity index (χ2n) is 4.23. The zero-order valence-electron chi connectivity index (χ0n) is 11.0. The van der Waals surface area contributed by atoms with Crippen LogP contribution in [0.2, 0.25) is 5.02 Å². The van der Waals surface area contributed by atoms with Crippen molar-refractivity contribution in [2.75, 3.05) is 7.11 Å². The molecule has 0 aliphatic carbocycles. The molecule has 1 rings (SSSR count). The number of hydrogen-bond acceptors (Lipinski definition) is 3. The molecule has 18 heavy (non-hydrogen) atoms. The van der Waals surface area contributed by atoms with Crippen molar-refractivity contribution in [3.63, 3.8) is 0 Å². The summed E-state index contributed by atoms with van der Waals surface area (Å²) < 4.78 is 10.3. The van der Waals surface area contributed by atoms with Gasteiger partial charge in [-0.2, -0.15) is 5.26 Å². The highest BCUT2D eigenvalue weighted by Crippen LogP contribution is 2.33. The van der Waals surface area contributed by atoms with Crippen LogP contribution in [0.4, 0.5) is 0 Å². The quantitative estimate of drug-likeness (QED) is 0.606. The fraction of sp³-hybridized carbons (Fsp3) is 0.357. The lowest BCUT2D eigenvalue weighted by molar-refractivity contribution is 0.310. The monoisotopic (exact) mass is 265 g/mol. The van der Waals surface area contributed by atoms with E-state index in [0.717, 1.165) is 11.1 Å². The molecule has 0 saturated carbocycles. The topological polar surface area (TPSA) is 42.2 Å². The third-order valence-corrected chi connectivity index (χ3v) is 2.88. The fourth-order valence-electron chi connectivity index (χ4n) is 1.52. The number of rotatable bonds is 4. The number of methoxy groups -OCH3 is 1. The molecule has 1 aromatic carbocycles. The van der Waals surface area contributed by atoms with E-state index in [0.29, 0.717) is 10.8 Å². The standard InChI is InChI=1S/C14H16ClNO2/c1-9(2)12-5-10(3)13(15)6-14(12)18-11(7-16)8-17-4/h5-6,8-9H,1-4H3/b11-8+. The first-order valence-corrected chi connectivity index (χ1v) is 5.98. The minimum absolute atomic E-state index is 0.0966. The third kappa shape index (κ3) is 3.41. The van der Waals surface area contributed by atoms with Crippen molar-refractivity contribution in [2.45, 2.75) is 26.7 Å². The van der Waals surface area contributed by atoms with Crippen molar-refractivity contribution in [2.24, 2.45) is 0 Å². The van der Waals surface area contributed by atoms with Gasteiger partial charge in [-0.3, -0.25) is 0 Å². The number of nitriles is 1. The van der Waals surface area contributed by atoms with Gasteiger partial charge in [-0.15, -0.1) is 0 Å². The van der Waals surface area contributed by atoms with Gasteiger partial charge in [0.2, 0.25) is 5.76 Å². The fourth-order valence-corrected chi connectivity index (χ4v) is 1.68. The highest BCUT2D eigenvalue weighted by molar-refractivity contribution is 6.31. The number of benzene rings is 1. The maximum absolute atomic E-state index is 8.92. The average Bonchev–Trinajstić information content (AvgIpc) is 2.32. The SMILES string of the molecule is CO/C=C(\C#N)Oc1cc(Cl)c(C)cc1C(C)C. The third-order valence-electron chi connectivity index (χ3n) is 2.47. The Morgan fingerprint density at radius 2 is 2.11 bits per heavy atom. The summed E-state index contributed by atoms with van der Waals surface area (Å²) in [6.45, 7) is 6.05. The second-order valence-corrected chi connectivity index (χ2v) is 4.63. The van der Waals surface area contributed by atoms with Crippen molar-refractivity contribution < 1.29 is 9.47 Å². The molecule has 0 spiro atoms. The average molecular weight is 266 g/mol. The van der Waals surface area contributed by atoms with E-state index in [2.05, 4.69) is 13.8 Å². The first kappa shape index (κ1) is 14.4. The van der Waals surface area contributed by atoms with E-state index >= 15 is 0 Å². The summed E-state index contributed by atoms with van der Waals surface area (Å²) in [7, 11) is 1.46. The van der Waals surface area contributed by atoms with Crippen LogP contribution in [0.1, 0.15) is 30.9 Å². The van der Waals surface area contributed by atoms with Crippen LogP contribution in [0.5, 0.6) is 5.75 Å². The molecule has 4 heteroatoms. The Morgan fingerprint density at radius 3 is 2.61 bits per heavy atom. The van der Waals surface area contributed by atoms with E-state index in [-0.39, 0.29) is 11.7 Å². The summed E-state index contributed by atoms with van der Waals surface area (Å²) in [4.78, 5) is 0. The number of ether oxygens (including phenoxy) is 2. The Bertz CT molecular complexity index is 501. The van der Waals surface area contributed by atoms with Crippen molar-refractivity contribution in [1.29, 1.82) is 5.26 Å². The van der Waals surface area contributed by atoms with Crippen molar-refractivity contribution in [1.82, 2.24) is 0 Å². The van der Waals surface area contributed by atoms with Crippen LogP contribution < -0.4 is 4.74 Å². The van der Waals surface area contributed by atoms with E-state index in [1.807, 2.05) is 19.1 Å². The van der Waals surface area contributed by atoms with Gasteiger partial charge in [0, 0.05) is 5.02 Å². The lowest BCUT2D eigenvalue weighted by Gasteiger charge is -2.14. The molecule has 0 bridgehead atoms. The molecular formula is C14H16ClNO2. The van der Waals surface area contributed by atoms with Gasteiger partial charge >= 0.3 is 0 Å². The van der Waals surface area contributed by atoms with E-state index in [9.17, 15) is 0 Å². The second kappa shape index (κ2) is 6.32. The largest absolute Gasteiger partial charge is 0.500 e. The Balaban J connectivity index is 3.19. The molecule has 0 fully saturated rings.